The van der Waals surface area contributed by atoms with Crippen LogP contribution in [0.2, 0.25) is 5.02 Å². The van der Waals surface area contributed by atoms with Crippen molar-refractivity contribution in [2.24, 2.45) is 0 Å². The molecule has 2 N–H and O–H groups in total. The summed E-state index contributed by atoms with van der Waals surface area (Å²) in [5, 5.41) is 15.0. The molecule has 0 aromatic heterocycles. The number of nitrogens with zero attached hydrogens (tertiary/aromatic N) is 2. The molecular weight excluding hydrogens is 362 g/mol. The average molecular weight is 396 g/mol. The first-order chi connectivity index (χ1) is 13.1. The highest BCUT2D eigenvalue weighted by Crippen LogP contribution is 2.29. The number of piperazine rings is 1. The van der Waals surface area contributed by atoms with Gasteiger partial charge in [-0.25, -0.2) is 0 Å². The van der Waals surface area contributed by atoms with Gasteiger partial charge in [-0.15, -0.1) is 0 Å². The van der Waals surface area contributed by atoms with Gasteiger partial charge in [-0.1, -0.05) is 50.4 Å². The highest BCUT2D eigenvalue weighted by Gasteiger charge is 2.35. The fraction of sp³-hybridized carbons (Fsp3) is 0.667. The van der Waals surface area contributed by atoms with Crippen molar-refractivity contribution >= 4 is 17.5 Å². The SMILES string of the molecule is CCCCN(CCCC)C(c1cccc(Cl)c1)C(O)C(=O)N1CCNCC1. The Morgan fingerprint density at radius 2 is 1.85 bits per heavy atom. The van der Waals surface area contributed by atoms with Crippen molar-refractivity contribution in [1.82, 2.24) is 15.1 Å². The number of hydrogen-bond donors (Lipinski definition) is 2. The molecule has 0 radical (unpaired) electrons. The predicted octanol–water partition coefficient (Wildman–Crippen LogP) is 3.08. The maximum atomic E-state index is 13.0. The van der Waals surface area contributed by atoms with E-state index in [2.05, 4.69) is 24.1 Å². The topological polar surface area (TPSA) is 55.8 Å². The second-order valence-electron chi connectivity index (χ2n) is 7.26. The van der Waals surface area contributed by atoms with Crippen LogP contribution in [0.4, 0.5) is 0 Å². The molecule has 0 bridgehead atoms. The summed E-state index contributed by atoms with van der Waals surface area (Å²) in [6.07, 6.45) is 3.14. The third-order valence-corrected chi connectivity index (χ3v) is 5.40. The van der Waals surface area contributed by atoms with Gasteiger partial charge in [0.15, 0.2) is 6.10 Å². The van der Waals surface area contributed by atoms with Gasteiger partial charge in [-0.3, -0.25) is 9.69 Å². The van der Waals surface area contributed by atoms with Crippen LogP contribution >= 0.6 is 11.6 Å². The van der Waals surface area contributed by atoms with Gasteiger partial charge in [-0.05, 0) is 43.6 Å². The molecule has 152 valence electrons. The highest BCUT2D eigenvalue weighted by atomic mass is 35.5. The third kappa shape index (κ3) is 6.46. The van der Waals surface area contributed by atoms with Crippen LogP contribution in [0.3, 0.4) is 0 Å². The molecular formula is C21H34ClN3O2. The maximum absolute atomic E-state index is 13.0. The molecule has 0 spiro atoms. The summed E-state index contributed by atoms with van der Waals surface area (Å²) in [6, 6.07) is 7.20. The molecule has 1 aliphatic heterocycles. The van der Waals surface area contributed by atoms with E-state index in [0.717, 1.165) is 57.4 Å². The van der Waals surface area contributed by atoms with Gasteiger partial charge in [0.1, 0.15) is 0 Å². The monoisotopic (exact) mass is 395 g/mol. The number of nitrogens with one attached hydrogen (secondary N) is 1. The van der Waals surface area contributed by atoms with E-state index in [1.54, 1.807) is 4.90 Å². The first-order valence-corrected chi connectivity index (χ1v) is 10.6. The Labute approximate surface area is 168 Å². The number of benzene rings is 1. The molecule has 2 atom stereocenters. The van der Waals surface area contributed by atoms with Crippen molar-refractivity contribution in [3.63, 3.8) is 0 Å². The Morgan fingerprint density at radius 1 is 1.22 bits per heavy atom. The zero-order valence-corrected chi connectivity index (χ0v) is 17.4. The number of carbonyl (C=O) groups excluding carboxylic acids is 1. The fourth-order valence-corrected chi connectivity index (χ4v) is 3.80. The standard InChI is InChI=1S/C21H34ClN3O2/c1-3-5-12-24(13-6-4-2)19(17-8-7-9-18(22)16-17)20(26)21(27)25-14-10-23-11-15-25/h7-9,16,19-20,23,26H,3-6,10-15H2,1-2H3. The normalized spacial score (nSPS) is 17.1. The number of rotatable bonds is 10. The number of hydrogen-bond acceptors (Lipinski definition) is 4. The van der Waals surface area contributed by atoms with Gasteiger partial charge in [0.05, 0.1) is 6.04 Å². The smallest absolute Gasteiger partial charge is 0.253 e. The van der Waals surface area contributed by atoms with Crippen molar-refractivity contribution in [2.75, 3.05) is 39.3 Å². The predicted molar refractivity (Wildman–Crippen MR) is 111 cm³/mol. The van der Waals surface area contributed by atoms with Crippen molar-refractivity contribution in [1.29, 1.82) is 0 Å². The zero-order valence-electron chi connectivity index (χ0n) is 16.7. The minimum Gasteiger partial charge on any atom is -0.381 e. The molecule has 1 aromatic carbocycles. The second kappa shape index (κ2) is 11.6. The molecule has 2 unspecified atom stereocenters. The number of halogens is 1. The average Bonchev–Trinajstić information content (AvgIpc) is 2.69. The Hall–Kier alpha value is -1.14. The summed E-state index contributed by atoms with van der Waals surface area (Å²) in [7, 11) is 0. The Balaban J connectivity index is 2.29. The van der Waals surface area contributed by atoms with E-state index < -0.39 is 6.10 Å². The van der Waals surface area contributed by atoms with Gasteiger partial charge in [-0.2, -0.15) is 0 Å². The molecule has 1 fully saturated rings. The summed E-state index contributed by atoms with van der Waals surface area (Å²) in [5.41, 5.74) is 0.908. The summed E-state index contributed by atoms with van der Waals surface area (Å²) in [6.45, 7) is 8.87. The molecule has 1 heterocycles. The Bertz CT molecular complexity index is 570. The van der Waals surface area contributed by atoms with Gasteiger partial charge in [0.25, 0.3) is 5.91 Å². The van der Waals surface area contributed by atoms with Crippen LogP contribution in [0.25, 0.3) is 0 Å². The van der Waals surface area contributed by atoms with Crippen LogP contribution in [-0.2, 0) is 4.79 Å². The largest absolute Gasteiger partial charge is 0.381 e. The lowest BCUT2D eigenvalue weighted by Gasteiger charge is -2.37. The van der Waals surface area contributed by atoms with E-state index in [9.17, 15) is 9.90 Å². The second-order valence-corrected chi connectivity index (χ2v) is 7.70. The van der Waals surface area contributed by atoms with E-state index in [0.29, 0.717) is 18.1 Å². The number of aliphatic hydroxyl groups excluding tert-OH is 1. The van der Waals surface area contributed by atoms with Crippen molar-refractivity contribution in [3.8, 4) is 0 Å². The number of aliphatic hydroxyl groups is 1. The first kappa shape index (κ1) is 22.2. The fourth-order valence-electron chi connectivity index (χ4n) is 3.60. The molecule has 2 rings (SSSR count). The first-order valence-electron chi connectivity index (χ1n) is 10.3. The lowest BCUT2D eigenvalue weighted by Crippen LogP contribution is -2.53. The summed E-state index contributed by atoms with van der Waals surface area (Å²) < 4.78 is 0. The molecule has 1 aliphatic rings. The lowest BCUT2D eigenvalue weighted by molar-refractivity contribution is -0.145. The van der Waals surface area contributed by atoms with Crippen LogP contribution in [0, 0.1) is 0 Å². The molecule has 1 amide bonds. The van der Waals surface area contributed by atoms with Crippen LogP contribution in [-0.4, -0.2) is 66.2 Å². The van der Waals surface area contributed by atoms with Gasteiger partial charge < -0.3 is 15.3 Å². The molecule has 0 saturated carbocycles. The van der Waals surface area contributed by atoms with E-state index in [4.69, 9.17) is 11.6 Å². The number of carbonyl (C=O) groups is 1. The number of amides is 1. The zero-order chi connectivity index (χ0) is 19.6. The quantitative estimate of drug-likeness (QED) is 0.639. The summed E-state index contributed by atoms with van der Waals surface area (Å²) in [4.78, 5) is 17.1. The van der Waals surface area contributed by atoms with Gasteiger partial charge in [0, 0.05) is 31.2 Å². The van der Waals surface area contributed by atoms with E-state index in [1.165, 1.54) is 0 Å². The molecule has 6 heteroatoms. The molecule has 5 nitrogen and oxygen atoms in total. The van der Waals surface area contributed by atoms with Crippen molar-refractivity contribution in [2.45, 2.75) is 51.7 Å². The van der Waals surface area contributed by atoms with Crippen LogP contribution in [0.5, 0.6) is 0 Å². The van der Waals surface area contributed by atoms with Gasteiger partial charge in [0.2, 0.25) is 0 Å². The third-order valence-electron chi connectivity index (χ3n) is 5.16. The lowest BCUT2D eigenvalue weighted by atomic mass is 9.97. The Morgan fingerprint density at radius 3 is 2.41 bits per heavy atom. The van der Waals surface area contributed by atoms with E-state index in [-0.39, 0.29) is 11.9 Å². The minimum atomic E-state index is -1.09. The van der Waals surface area contributed by atoms with Crippen LogP contribution in [0.15, 0.2) is 24.3 Å². The summed E-state index contributed by atoms with van der Waals surface area (Å²) >= 11 is 6.23. The summed E-state index contributed by atoms with van der Waals surface area (Å²) in [5.74, 6) is -0.181. The minimum absolute atomic E-state index is 0.181. The van der Waals surface area contributed by atoms with E-state index >= 15 is 0 Å². The number of unbranched alkanes of at least 4 members (excludes halogenated alkanes) is 2. The maximum Gasteiger partial charge on any atom is 0.253 e. The molecule has 27 heavy (non-hydrogen) atoms. The molecule has 1 saturated heterocycles. The molecule has 0 aliphatic carbocycles. The highest BCUT2D eigenvalue weighted by molar-refractivity contribution is 6.30. The van der Waals surface area contributed by atoms with Gasteiger partial charge >= 0.3 is 0 Å². The van der Waals surface area contributed by atoms with E-state index in [1.807, 2.05) is 24.3 Å². The van der Waals surface area contributed by atoms with Crippen molar-refractivity contribution in [3.05, 3.63) is 34.9 Å². The van der Waals surface area contributed by atoms with Crippen molar-refractivity contribution < 1.29 is 9.90 Å². The molecule has 1 aromatic rings. The van der Waals surface area contributed by atoms with Crippen LogP contribution in [0.1, 0.15) is 51.1 Å². The Kier molecular flexibility index (Phi) is 9.56. The van der Waals surface area contributed by atoms with Crippen LogP contribution < -0.4 is 5.32 Å².